The van der Waals surface area contributed by atoms with Gasteiger partial charge in [0.25, 0.3) is 0 Å². The molecule has 10 nitrogen and oxygen atoms in total. The Bertz CT molecular complexity index is 1930. The van der Waals surface area contributed by atoms with Crippen LogP contribution in [0.25, 0.3) is 0 Å². The molecule has 1 aliphatic carbocycles. The Balaban J connectivity index is 1.01. The summed E-state index contributed by atoms with van der Waals surface area (Å²) in [5, 5.41) is 15.3. The topological polar surface area (TPSA) is 122 Å². The third kappa shape index (κ3) is 8.06. The maximum atomic E-state index is 15.0. The van der Waals surface area contributed by atoms with Crippen LogP contribution < -0.4 is 15.5 Å². The summed E-state index contributed by atoms with van der Waals surface area (Å²) in [6.45, 7) is 11.0. The highest BCUT2D eigenvalue weighted by Gasteiger charge is 2.53. The van der Waals surface area contributed by atoms with E-state index in [0.29, 0.717) is 17.5 Å². The SMILES string of the molecule is C=CC(=O)Nc1cccc(S(=O)(=O)c2ccc(N3CCC(CN4CCC(C(CN5CCC5)(c5cccc(F)c5)[C@H]5CCC[C@@H]5NC(=O)O)CC4)C3)cc2)c1. The van der Waals surface area contributed by atoms with Crippen LogP contribution in [0, 0.1) is 23.6 Å². The molecule has 3 aromatic rings. The average molecular weight is 758 g/mol. The van der Waals surface area contributed by atoms with Crippen molar-refractivity contribution in [3.8, 4) is 0 Å². The fourth-order valence-corrected chi connectivity index (χ4v) is 11.1. The number of carbonyl (C=O) groups excluding carboxylic acids is 1. The van der Waals surface area contributed by atoms with Gasteiger partial charge >= 0.3 is 6.09 Å². The zero-order valence-electron chi connectivity index (χ0n) is 30.8. The number of sulfone groups is 1. The van der Waals surface area contributed by atoms with E-state index in [1.807, 2.05) is 18.2 Å². The maximum Gasteiger partial charge on any atom is 0.404 e. The van der Waals surface area contributed by atoms with Gasteiger partial charge in [-0.2, -0.15) is 0 Å². The second-order valence-electron chi connectivity index (χ2n) is 15.7. The van der Waals surface area contributed by atoms with Crippen molar-refractivity contribution in [1.82, 2.24) is 15.1 Å². The monoisotopic (exact) mass is 757 g/mol. The van der Waals surface area contributed by atoms with Crippen LogP contribution in [0.15, 0.2) is 95.2 Å². The number of hydrogen-bond donors (Lipinski definition) is 3. The van der Waals surface area contributed by atoms with Gasteiger partial charge in [0, 0.05) is 49.0 Å². The molecule has 288 valence electrons. The molecule has 4 fully saturated rings. The highest BCUT2D eigenvalue weighted by molar-refractivity contribution is 7.91. The molecule has 3 aromatic carbocycles. The number of amides is 2. The van der Waals surface area contributed by atoms with Gasteiger partial charge in [0.2, 0.25) is 15.7 Å². The third-order valence-electron chi connectivity index (χ3n) is 12.5. The number of hydrogen-bond acceptors (Lipinski definition) is 7. The Hall–Kier alpha value is -4.26. The number of rotatable bonds is 13. The number of benzene rings is 3. The Kier molecular flexibility index (Phi) is 11.4. The van der Waals surface area contributed by atoms with E-state index in [2.05, 4.69) is 38.0 Å². The lowest BCUT2D eigenvalue weighted by molar-refractivity contribution is -0.111. The summed E-state index contributed by atoms with van der Waals surface area (Å²) in [4.78, 5) is 31.4. The lowest BCUT2D eigenvalue weighted by Crippen LogP contribution is -2.59. The Morgan fingerprint density at radius 3 is 2.31 bits per heavy atom. The molecule has 4 aliphatic rings. The first kappa shape index (κ1) is 38.0. The molecule has 2 unspecified atom stereocenters. The summed E-state index contributed by atoms with van der Waals surface area (Å²) < 4.78 is 41.8. The molecule has 0 aromatic heterocycles. The number of nitrogens with zero attached hydrogens (tertiary/aromatic N) is 3. The first-order valence-electron chi connectivity index (χ1n) is 19.4. The van der Waals surface area contributed by atoms with Gasteiger partial charge in [0.15, 0.2) is 0 Å². The van der Waals surface area contributed by atoms with Gasteiger partial charge in [-0.3, -0.25) is 4.79 Å². The lowest BCUT2D eigenvalue weighted by Gasteiger charge is -2.53. The maximum absolute atomic E-state index is 15.0. The lowest BCUT2D eigenvalue weighted by atomic mass is 9.57. The molecule has 1 saturated carbocycles. The van der Waals surface area contributed by atoms with Crippen LogP contribution in [0.1, 0.15) is 50.5 Å². The van der Waals surface area contributed by atoms with Crippen LogP contribution in [0.3, 0.4) is 0 Å². The molecule has 3 saturated heterocycles. The van der Waals surface area contributed by atoms with Gasteiger partial charge in [-0.25, -0.2) is 17.6 Å². The summed E-state index contributed by atoms with van der Waals surface area (Å²) in [5.41, 5.74) is 2.06. The molecule has 3 aliphatic heterocycles. The minimum absolute atomic E-state index is 0.104. The van der Waals surface area contributed by atoms with Crippen molar-refractivity contribution in [2.24, 2.45) is 17.8 Å². The summed E-state index contributed by atoms with van der Waals surface area (Å²) in [5.74, 6) is 0.244. The largest absolute Gasteiger partial charge is 0.465 e. The summed E-state index contributed by atoms with van der Waals surface area (Å²) in [6.07, 6.45) is 7.04. The molecule has 2 amide bonds. The van der Waals surface area contributed by atoms with Crippen molar-refractivity contribution in [2.75, 3.05) is 62.6 Å². The molecule has 3 heterocycles. The van der Waals surface area contributed by atoms with Crippen LogP contribution >= 0.6 is 0 Å². The molecule has 0 bridgehead atoms. The molecular weight excluding hydrogens is 706 g/mol. The number of carbonyl (C=O) groups is 2. The minimum atomic E-state index is -3.78. The van der Waals surface area contributed by atoms with Crippen molar-refractivity contribution < 1.29 is 27.5 Å². The molecule has 0 spiro atoms. The molecule has 12 heteroatoms. The van der Waals surface area contributed by atoms with Crippen molar-refractivity contribution in [2.45, 2.75) is 66.2 Å². The van der Waals surface area contributed by atoms with E-state index in [1.165, 1.54) is 18.2 Å². The quantitative estimate of drug-likeness (QED) is 0.171. The Labute approximate surface area is 318 Å². The van der Waals surface area contributed by atoms with Gasteiger partial charge < -0.3 is 30.4 Å². The Morgan fingerprint density at radius 2 is 1.63 bits per heavy atom. The van der Waals surface area contributed by atoms with Crippen molar-refractivity contribution >= 4 is 33.2 Å². The van der Waals surface area contributed by atoms with E-state index >= 15 is 0 Å². The van der Waals surface area contributed by atoms with Crippen molar-refractivity contribution in [3.05, 3.63) is 96.8 Å². The van der Waals surface area contributed by atoms with Gasteiger partial charge in [0.05, 0.1) is 9.79 Å². The van der Waals surface area contributed by atoms with Gasteiger partial charge in [-0.05, 0) is 149 Å². The average Bonchev–Trinajstić information content (AvgIpc) is 3.82. The standard InChI is InChI=1S/C42H52FN5O5S/c1-2-40(49)44-34-9-4-10-37(26-34)54(52,53)36-15-13-35(14-16-36)48-24-17-30(28-48)27-46-22-18-31(19-23-46)42(29-47-20-6-21-47,32-7-3-8-33(43)25-32)38-11-5-12-39(38)45-41(50)51/h2-4,7-10,13-16,25-26,30-31,38-39,45H,1,5-6,11-12,17-24,27-29H2,(H,44,49)(H,50,51)/t30?,38-,39-,42?/m0/s1. The van der Waals surface area contributed by atoms with Crippen LogP contribution in [0.2, 0.25) is 0 Å². The number of carboxylic acid groups (broad SMARTS) is 1. The first-order chi connectivity index (χ1) is 26.0. The molecule has 4 atom stereocenters. The second kappa shape index (κ2) is 16.2. The number of halogens is 1. The molecule has 54 heavy (non-hydrogen) atoms. The van der Waals surface area contributed by atoms with E-state index in [-0.39, 0.29) is 33.0 Å². The van der Waals surface area contributed by atoms with Gasteiger partial charge in [-0.15, -0.1) is 0 Å². The summed E-state index contributed by atoms with van der Waals surface area (Å²) >= 11 is 0. The normalized spacial score (nSPS) is 23.7. The van der Waals surface area contributed by atoms with Crippen molar-refractivity contribution in [3.63, 3.8) is 0 Å². The molecule has 0 radical (unpaired) electrons. The predicted molar refractivity (Wildman–Crippen MR) is 208 cm³/mol. The highest BCUT2D eigenvalue weighted by atomic mass is 32.2. The predicted octanol–water partition coefficient (Wildman–Crippen LogP) is 6.40. The van der Waals surface area contributed by atoms with E-state index in [0.717, 1.165) is 115 Å². The Morgan fingerprint density at radius 1 is 0.870 bits per heavy atom. The number of anilines is 2. The molecular formula is C42H52FN5O5S. The first-order valence-corrected chi connectivity index (χ1v) is 20.9. The van der Waals surface area contributed by atoms with Crippen LogP contribution in [0.5, 0.6) is 0 Å². The van der Waals surface area contributed by atoms with Gasteiger partial charge in [0.1, 0.15) is 5.82 Å². The fourth-order valence-electron chi connectivity index (χ4n) is 9.80. The zero-order chi connectivity index (χ0) is 37.9. The third-order valence-corrected chi connectivity index (χ3v) is 14.3. The molecule has 3 N–H and O–H groups in total. The smallest absolute Gasteiger partial charge is 0.404 e. The van der Waals surface area contributed by atoms with E-state index < -0.39 is 21.8 Å². The van der Waals surface area contributed by atoms with Crippen LogP contribution in [-0.2, 0) is 20.0 Å². The number of nitrogens with one attached hydrogen (secondary N) is 2. The van der Waals surface area contributed by atoms with Gasteiger partial charge in [-0.1, -0.05) is 31.2 Å². The second-order valence-corrected chi connectivity index (χ2v) is 17.6. The minimum Gasteiger partial charge on any atom is -0.465 e. The zero-order valence-corrected chi connectivity index (χ0v) is 31.7. The number of piperidine rings is 1. The summed E-state index contributed by atoms with van der Waals surface area (Å²) in [7, 11) is -3.78. The molecule has 7 rings (SSSR count). The van der Waals surface area contributed by atoms with Crippen LogP contribution in [-0.4, -0.2) is 93.7 Å². The van der Waals surface area contributed by atoms with E-state index in [1.54, 1.807) is 30.3 Å². The van der Waals surface area contributed by atoms with Crippen LogP contribution in [0.4, 0.5) is 20.6 Å². The van der Waals surface area contributed by atoms with Crippen molar-refractivity contribution in [1.29, 1.82) is 0 Å². The number of likely N-dealkylation sites (tertiary alicyclic amines) is 2. The highest BCUT2D eigenvalue weighted by Crippen LogP contribution is 2.51. The fraction of sp³-hybridized carbons (Fsp3) is 0.476. The van der Waals surface area contributed by atoms with E-state index in [9.17, 15) is 27.5 Å². The summed E-state index contributed by atoms with van der Waals surface area (Å²) in [6, 6.07) is 20.3. The van der Waals surface area contributed by atoms with E-state index in [4.69, 9.17) is 0 Å².